The second kappa shape index (κ2) is 7.50. The van der Waals surface area contributed by atoms with Crippen molar-refractivity contribution < 1.29 is 19.6 Å². The van der Waals surface area contributed by atoms with E-state index in [0.717, 1.165) is 10.8 Å². The fourth-order valence-corrected chi connectivity index (χ4v) is 3.81. The van der Waals surface area contributed by atoms with Gasteiger partial charge in [-0.2, -0.15) is 4.99 Å². The van der Waals surface area contributed by atoms with E-state index in [1.54, 1.807) is 19.1 Å². The molecular formula is C18H15N3O5S. The molecule has 3 aromatic rings. The number of carboxylic acids is 1. The molecule has 1 heterocycles. The normalized spacial score (nSPS) is 12.9. The van der Waals surface area contributed by atoms with Crippen LogP contribution in [0.1, 0.15) is 29.7 Å². The Hall–Kier alpha value is -3.33. The fraction of sp³-hybridized carbons (Fsp3) is 0.167. The Morgan fingerprint density at radius 1 is 1.26 bits per heavy atom. The maximum atomic E-state index is 12.6. The van der Waals surface area contributed by atoms with Crippen LogP contribution in [0.5, 0.6) is 0 Å². The predicted molar refractivity (Wildman–Crippen MR) is 99.8 cm³/mol. The number of aromatic nitrogens is 1. The van der Waals surface area contributed by atoms with Crippen LogP contribution in [0, 0.1) is 10.1 Å². The lowest BCUT2D eigenvalue weighted by Gasteiger charge is -2.13. The van der Waals surface area contributed by atoms with Gasteiger partial charge < -0.3 is 9.67 Å². The number of para-hydroxylation sites is 1. The first-order valence-electron chi connectivity index (χ1n) is 8.08. The van der Waals surface area contributed by atoms with Crippen molar-refractivity contribution >= 4 is 39.1 Å². The minimum absolute atomic E-state index is 0.0663. The zero-order valence-electron chi connectivity index (χ0n) is 14.2. The first kappa shape index (κ1) is 18.5. The number of non-ortho nitro benzene ring substituents is 1. The van der Waals surface area contributed by atoms with Crippen LogP contribution in [0.25, 0.3) is 10.2 Å². The maximum Gasteiger partial charge on any atom is 0.326 e. The lowest BCUT2D eigenvalue weighted by atomic mass is 10.2. The minimum Gasteiger partial charge on any atom is -0.480 e. The predicted octanol–water partition coefficient (Wildman–Crippen LogP) is 3.39. The van der Waals surface area contributed by atoms with Gasteiger partial charge in [-0.05, 0) is 24.6 Å². The molecule has 0 radical (unpaired) electrons. The van der Waals surface area contributed by atoms with Crippen molar-refractivity contribution in [2.24, 2.45) is 4.99 Å². The van der Waals surface area contributed by atoms with Gasteiger partial charge in [-0.15, -0.1) is 0 Å². The quantitative estimate of drug-likeness (QED) is 0.534. The van der Waals surface area contributed by atoms with Gasteiger partial charge in [0.25, 0.3) is 11.6 Å². The molecule has 1 amide bonds. The van der Waals surface area contributed by atoms with Crippen LogP contribution in [0.3, 0.4) is 0 Å². The Morgan fingerprint density at radius 2 is 2.00 bits per heavy atom. The number of carbonyl (C=O) groups excluding carboxylic acids is 1. The van der Waals surface area contributed by atoms with Crippen molar-refractivity contribution in [3.05, 3.63) is 69.0 Å². The Bertz CT molecular complexity index is 1120. The maximum absolute atomic E-state index is 12.6. The van der Waals surface area contributed by atoms with Crippen LogP contribution >= 0.6 is 11.3 Å². The number of hydrogen-bond donors (Lipinski definition) is 1. The van der Waals surface area contributed by atoms with E-state index in [2.05, 4.69) is 4.99 Å². The fourth-order valence-electron chi connectivity index (χ4n) is 2.74. The molecule has 0 saturated heterocycles. The number of hydrogen-bond acceptors (Lipinski definition) is 5. The zero-order chi connectivity index (χ0) is 19.6. The first-order chi connectivity index (χ1) is 12.9. The molecule has 1 N–H and O–H groups in total. The number of carbonyl (C=O) groups is 2. The Morgan fingerprint density at radius 3 is 2.67 bits per heavy atom. The molecule has 0 bridgehead atoms. The lowest BCUT2D eigenvalue weighted by molar-refractivity contribution is -0.384. The zero-order valence-corrected chi connectivity index (χ0v) is 15.0. The summed E-state index contributed by atoms with van der Waals surface area (Å²) in [6, 6.07) is 11.6. The number of amides is 1. The van der Waals surface area contributed by atoms with E-state index in [9.17, 15) is 24.8 Å². The monoisotopic (exact) mass is 385 g/mol. The van der Waals surface area contributed by atoms with Gasteiger partial charge in [-0.25, -0.2) is 4.79 Å². The molecule has 1 unspecified atom stereocenters. The van der Waals surface area contributed by atoms with Gasteiger partial charge in [0.05, 0.1) is 15.1 Å². The summed E-state index contributed by atoms with van der Waals surface area (Å²) in [5.41, 5.74) is 0.524. The van der Waals surface area contributed by atoms with Crippen LogP contribution in [-0.4, -0.2) is 26.5 Å². The molecule has 0 aliphatic heterocycles. The van der Waals surface area contributed by atoms with Gasteiger partial charge in [0.15, 0.2) is 4.80 Å². The van der Waals surface area contributed by atoms with Crippen molar-refractivity contribution in [2.45, 2.75) is 19.4 Å². The summed E-state index contributed by atoms with van der Waals surface area (Å²) < 4.78 is 2.32. The number of aliphatic carboxylic acids is 1. The molecule has 0 aliphatic rings. The van der Waals surface area contributed by atoms with E-state index in [-0.39, 0.29) is 16.1 Å². The largest absolute Gasteiger partial charge is 0.480 e. The van der Waals surface area contributed by atoms with Crippen LogP contribution in [0.4, 0.5) is 5.69 Å². The molecule has 27 heavy (non-hydrogen) atoms. The topological polar surface area (TPSA) is 115 Å². The Balaban J connectivity index is 2.18. The van der Waals surface area contributed by atoms with Gasteiger partial charge in [0, 0.05) is 17.7 Å². The first-order valence-corrected chi connectivity index (χ1v) is 8.90. The summed E-state index contributed by atoms with van der Waals surface area (Å²) in [4.78, 5) is 38.9. The van der Waals surface area contributed by atoms with Crippen molar-refractivity contribution in [1.29, 1.82) is 0 Å². The highest BCUT2D eigenvalue weighted by atomic mass is 32.1. The molecule has 3 rings (SSSR count). The molecule has 2 aromatic carbocycles. The second-order valence-corrected chi connectivity index (χ2v) is 6.72. The molecular weight excluding hydrogens is 370 g/mol. The molecule has 8 nitrogen and oxygen atoms in total. The van der Waals surface area contributed by atoms with Gasteiger partial charge >= 0.3 is 5.97 Å². The van der Waals surface area contributed by atoms with Crippen LogP contribution in [0.2, 0.25) is 0 Å². The number of benzene rings is 2. The molecule has 1 aromatic heterocycles. The van der Waals surface area contributed by atoms with E-state index in [0.29, 0.717) is 11.9 Å². The van der Waals surface area contributed by atoms with Crippen molar-refractivity contribution in [3.8, 4) is 0 Å². The summed E-state index contributed by atoms with van der Waals surface area (Å²) in [6.45, 7) is 1.74. The summed E-state index contributed by atoms with van der Waals surface area (Å²) in [7, 11) is 0. The third-order valence-electron chi connectivity index (χ3n) is 4.02. The molecule has 0 aliphatic carbocycles. The third-order valence-corrected chi connectivity index (χ3v) is 5.05. The smallest absolute Gasteiger partial charge is 0.326 e. The lowest BCUT2D eigenvalue weighted by Crippen LogP contribution is -2.27. The summed E-state index contributed by atoms with van der Waals surface area (Å²) in [6.07, 6.45) is 0.314. The highest BCUT2D eigenvalue weighted by Gasteiger charge is 2.22. The van der Waals surface area contributed by atoms with Gasteiger partial charge in [-0.3, -0.25) is 14.9 Å². The molecule has 1 atom stereocenters. The van der Waals surface area contributed by atoms with Crippen molar-refractivity contribution in [1.82, 2.24) is 4.57 Å². The number of nitrogens with zero attached hydrogens (tertiary/aromatic N) is 3. The summed E-state index contributed by atoms with van der Waals surface area (Å²) >= 11 is 1.20. The van der Waals surface area contributed by atoms with Crippen LogP contribution in [-0.2, 0) is 4.79 Å². The SMILES string of the molecule is CCC(C(=O)O)n1c(=NC(=O)c2cccc([N+](=O)[O-])c2)sc2ccccc21. The second-order valence-electron chi connectivity index (χ2n) is 5.71. The van der Waals surface area contributed by atoms with Crippen molar-refractivity contribution in [3.63, 3.8) is 0 Å². The number of carboxylic acid groups (broad SMARTS) is 1. The average molecular weight is 385 g/mol. The van der Waals surface area contributed by atoms with Crippen LogP contribution < -0.4 is 4.80 Å². The highest BCUT2D eigenvalue weighted by Crippen LogP contribution is 2.23. The van der Waals surface area contributed by atoms with Gasteiger partial charge in [0.1, 0.15) is 6.04 Å². The molecule has 9 heteroatoms. The van der Waals surface area contributed by atoms with Gasteiger partial charge in [-0.1, -0.05) is 36.5 Å². The number of fused-ring (bicyclic) bond motifs is 1. The highest BCUT2D eigenvalue weighted by molar-refractivity contribution is 7.16. The average Bonchev–Trinajstić information content (AvgIpc) is 3.00. The van der Waals surface area contributed by atoms with E-state index >= 15 is 0 Å². The Kier molecular flexibility index (Phi) is 5.13. The Labute approximate surface area is 157 Å². The molecule has 0 saturated carbocycles. The minimum atomic E-state index is -1.02. The number of nitro benzene ring substituents is 1. The third kappa shape index (κ3) is 3.63. The molecule has 138 valence electrons. The molecule has 0 spiro atoms. The number of nitro groups is 1. The standard InChI is InChI=1S/C18H15N3O5S/c1-2-13(17(23)24)20-14-8-3-4-9-15(14)27-18(20)19-16(22)11-6-5-7-12(10-11)21(25)26/h3-10,13H,2H2,1H3,(H,23,24). The van der Waals surface area contributed by atoms with Crippen LogP contribution in [0.15, 0.2) is 53.5 Å². The van der Waals surface area contributed by atoms with E-state index < -0.39 is 22.8 Å². The number of rotatable bonds is 5. The van der Waals surface area contributed by atoms with E-state index in [1.807, 2.05) is 12.1 Å². The molecule has 0 fully saturated rings. The number of thiazole rings is 1. The summed E-state index contributed by atoms with van der Waals surface area (Å²) in [5, 5.41) is 20.5. The summed E-state index contributed by atoms with van der Waals surface area (Å²) in [5.74, 6) is -1.69. The van der Waals surface area contributed by atoms with Gasteiger partial charge in [0.2, 0.25) is 0 Å². The van der Waals surface area contributed by atoms with E-state index in [1.165, 1.54) is 34.1 Å². The van der Waals surface area contributed by atoms with Crippen molar-refractivity contribution in [2.75, 3.05) is 0 Å². The van der Waals surface area contributed by atoms with E-state index in [4.69, 9.17) is 0 Å².